The van der Waals surface area contributed by atoms with Gasteiger partial charge < -0.3 is 10.1 Å². The highest BCUT2D eigenvalue weighted by atomic mass is 32.2. The van der Waals surface area contributed by atoms with Crippen LogP contribution in [0.3, 0.4) is 0 Å². The monoisotopic (exact) mass is 436 g/mol. The highest BCUT2D eigenvalue weighted by molar-refractivity contribution is 7.92. The molecule has 0 bridgehead atoms. The summed E-state index contributed by atoms with van der Waals surface area (Å²) in [6.45, 7) is 3.93. The minimum atomic E-state index is -3.72. The van der Waals surface area contributed by atoms with Crippen LogP contribution in [-0.2, 0) is 14.8 Å². The molecule has 0 atom stereocenters. The van der Waals surface area contributed by atoms with E-state index in [0.29, 0.717) is 17.0 Å². The Bertz CT molecular complexity index is 1200. The predicted molar refractivity (Wildman–Crippen MR) is 124 cm³/mol. The number of methoxy groups -OCH3 is 1. The lowest BCUT2D eigenvalue weighted by Crippen LogP contribution is -2.12. The number of rotatable bonds is 7. The number of ether oxygens (including phenoxy) is 1. The number of carbonyl (C=O) groups is 1. The maximum Gasteiger partial charge on any atom is 0.261 e. The molecule has 0 radical (unpaired) electrons. The van der Waals surface area contributed by atoms with Crippen LogP contribution in [0, 0.1) is 13.8 Å². The quantitative estimate of drug-likeness (QED) is 0.523. The normalized spacial score (nSPS) is 11.3. The van der Waals surface area contributed by atoms with Gasteiger partial charge in [-0.1, -0.05) is 29.8 Å². The second kappa shape index (κ2) is 9.49. The third-order valence-corrected chi connectivity index (χ3v) is 6.00. The van der Waals surface area contributed by atoms with Gasteiger partial charge in [-0.15, -0.1) is 0 Å². The summed E-state index contributed by atoms with van der Waals surface area (Å²) in [5, 5.41) is 2.84. The maximum absolute atomic E-state index is 12.6. The lowest BCUT2D eigenvalue weighted by atomic mass is 10.1. The molecule has 0 unspecified atom stereocenters. The van der Waals surface area contributed by atoms with Gasteiger partial charge in [-0.3, -0.25) is 9.52 Å². The van der Waals surface area contributed by atoms with Gasteiger partial charge >= 0.3 is 0 Å². The zero-order valence-electron chi connectivity index (χ0n) is 17.5. The molecule has 0 saturated carbocycles. The van der Waals surface area contributed by atoms with E-state index >= 15 is 0 Å². The molecule has 31 heavy (non-hydrogen) atoms. The highest BCUT2D eigenvalue weighted by Gasteiger charge is 2.14. The van der Waals surface area contributed by atoms with Gasteiger partial charge in [0.1, 0.15) is 5.75 Å². The molecule has 0 saturated heterocycles. The summed E-state index contributed by atoms with van der Waals surface area (Å²) in [6, 6.07) is 18.7. The average molecular weight is 437 g/mol. The Hall–Kier alpha value is -3.58. The van der Waals surface area contributed by atoms with Crippen molar-refractivity contribution in [3.63, 3.8) is 0 Å². The number of carbonyl (C=O) groups excluding carboxylic acids is 1. The molecule has 7 heteroatoms. The smallest absolute Gasteiger partial charge is 0.261 e. The number of hydrogen-bond acceptors (Lipinski definition) is 4. The molecule has 2 N–H and O–H groups in total. The van der Waals surface area contributed by atoms with Crippen LogP contribution in [0.5, 0.6) is 5.75 Å². The van der Waals surface area contributed by atoms with E-state index in [1.54, 1.807) is 49.6 Å². The molecule has 0 spiro atoms. The molecular weight excluding hydrogens is 412 g/mol. The number of nitrogens with one attached hydrogen (secondary N) is 2. The molecular formula is C24H24N2O4S. The average Bonchev–Trinajstić information content (AvgIpc) is 2.75. The van der Waals surface area contributed by atoms with Crippen LogP contribution < -0.4 is 14.8 Å². The maximum atomic E-state index is 12.6. The summed E-state index contributed by atoms with van der Waals surface area (Å²) in [4.78, 5) is 12.3. The first-order valence-electron chi connectivity index (χ1n) is 9.60. The summed E-state index contributed by atoms with van der Waals surface area (Å²) in [7, 11) is -2.18. The van der Waals surface area contributed by atoms with Crippen LogP contribution in [-0.4, -0.2) is 21.4 Å². The van der Waals surface area contributed by atoms with E-state index in [9.17, 15) is 13.2 Å². The lowest BCUT2D eigenvalue weighted by Gasteiger charge is -2.09. The largest absolute Gasteiger partial charge is 0.497 e. The Morgan fingerprint density at radius 2 is 1.61 bits per heavy atom. The van der Waals surface area contributed by atoms with Crippen molar-refractivity contribution in [2.75, 3.05) is 17.1 Å². The third-order valence-electron chi connectivity index (χ3n) is 4.60. The number of anilines is 2. The van der Waals surface area contributed by atoms with E-state index in [1.807, 2.05) is 32.0 Å². The van der Waals surface area contributed by atoms with Crippen LogP contribution in [0.25, 0.3) is 6.08 Å². The minimum Gasteiger partial charge on any atom is -0.497 e. The van der Waals surface area contributed by atoms with E-state index in [4.69, 9.17) is 4.74 Å². The SMILES string of the molecule is COc1ccc(NS(=O)(=O)c2ccc(/C=C/C(=O)Nc3ccc(C)cc3C)cc2)cc1. The number of hydrogen-bond donors (Lipinski definition) is 2. The van der Waals surface area contributed by atoms with Crippen molar-refractivity contribution < 1.29 is 17.9 Å². The van der Waals surface area contributed by atoms with Gasteiger partial charge in [0.15, 0.2) is 0 Å². The van der Waals surface area contributed by atoms with Gasteiger partial charge in [-0.2, -0.15) is 0 Å². The summed E-state index contributed by atoms with van der Waals surface area (Å²) in [5.74, 6) is 0.380. The van der Waals surface area contributed by atoms with Crippen molar-refractivity contribution in [2.24, 2.45) is 0 Å². The molecule has 3 aromatic rings. The van der Waals surface area contributed by atoms with Crippen molar-refractivity contribution in [1.29, 1.82) is 0 Å². The first-order valence-corrected chi connectivity index (χ1v) is 11.1. The van der Waals surface area contributed by atoms with E-state index in [0.717, 1.165) is 16.8 Å². The standard InChI is InChI=1S/C24H24N2O4S/c1-17-4-14-23(18(2)16-17)25-24(27)15-7-19-5-12-22(13-6-19)31(28,29)26-20-8-10-21(30-3)11-9-20/h4-16,26H,1-3H3,(H,25,27)/b15-7+. The van der Waals surface area contributed by atoms with E-state index < -0.39 is 10.0 Å². The minimum absolute atomic E-state index is 0.125. The van der Waals surface area contributed by atoms with Crippen LogP contribution in [0.1, 0.15) is 16.7 Å². The van der Waals surface area contributed by atoms with Crippen LogP contribution in [0.15, 0.2) is 77.7 Å². The Balaban J connectivity index is 1.65. The molecule has 6 nitrogen and oxygen atoms in total. The molecule has 160 valence electrons. The van der Waals surface area contributed by atoms with Crippen molar-refractivity contribution in [2.45, 2.75) is 18.7 Å². The van der Waals surface area contributed by atoms with Crippen molar-refractivity contribution in [1.82, 2.24) is 0 Å². The topological polar surface area (TPSA) is 84.5 Å². The summed E-state index contributed by atoms with van der Waals surface area (Å²) in [5.41, 5.74) is 4.02. The second-order valence-corrected chi connectivity index (χ2v) is 8.73. The summed E-state index contributed by atoms with van der Waals surface area (Å²) in [6.07, 6.45) is 3.05. The third kappa shape index (κ3) is 5.96. The molecule has 3 aromatic carbocycles. The number of amides is 1. The molecule has 0 heterocycles. The fourth-order valence-corrected chi connectivity index (χ4v) is 3.99. The fraction of sp³-hybridized carbons (Fsp3) is 0.125. The van der Waals surface area contributed by atoms with Gasteiger partial charge in [0.25, 0.3) is 10.0 Å². The van der Waals surface area contributed by atoms with E-state index in [2.05, 4.69) is 10.0 Å². The summed E-state index contributed by atoms with van der Waals surface area (Å²) >= 11 is 0. The molecule has 0 aliphatic rings. The zero-order valence-corrected chi connectivity index (χ0v) is 18.4. The molecule has 0 aliphatic heterocycles. The first-order chi connectivity index (χ1) is 14.8. The van der Waals surface area contributed by atoms with Crippen LogP contribution in [0.4, 0.5) is 11.4 Å². The number of benzene rings is 3. The number of aryl methyl sites for hydroxylation is 2. The van der Waals surface area contributed by atoms with Gasteiger partial charge in [0, 0.05) is 17.5 Å². The van der Waals surface area contributed by atoms with Crippen LogP contribution >= 0.6 is 0 Å². The molecule has 3 rings (SSSR count). The first kappa shape index (κ1) is 22.1. The van der Waals surface area contributed by atoms with Gasteiger partial charge in [0.05, 0.1) is 12.0 Å². The van der Waals surface area contributed by atoms with Gasteiger partial charge in [0.2, 0.25) is 5.91 Å². The Morgan fingerprint density at radius 1 is 0.935 bits per heavy atom. The Kier molecular flexibility index (Phi) is 6.77. The van der Waals surface area contributed by atoms with Gasteiger partial charge in [-0.25, -0.2) is 8.42 Å². The van der Waals surface area contributed by atoms with E-state index in [1.165, 1.54) is 18.2 Å². The zero-order chi connectivity index (χ0) is 22.4. The van der Waals surface area contributed by atoms with E-state index in [-0.39, 0.29) is 10.8 Å². The molecule has 1 amide bonds. The molecule has 0 fully saturated rings. The highest BCUT2D eigenvalue weighted by Crippen LogP contribution is 2.20. The second-order valence-electron chi connectivity index (χ2n) is 7.04. The van der Waals surface area contributed by atoms with Crippen molar-refractivity contribution in [3.05, 3.63) is 89.5 Å². The Morgan fingerprint density at radius 3 is 2.23 bits per heavy atom. The summed E-state index contributed by atoms with van der Waals surface area (Å²) < 4.78 is 32.7. The number of sulfonamides is 1. The van der Waals surface area contributed by atoms with Crippen molar-refractivity contribution in [3.8, 4) is 5.75 Å². The van der Waals surface area contributed by atoms with Gasteiger partial charge in [-0.05, 0) is 73.5 Å². The Labute approximate surface area is 182 Å². The fourth-order valence-electron chi connectivity index (χ4n) is 2.93. The molecule has 0 aliphatic carbocycles. The molecule has 0 aromatic heterocycles. The van der Waals surface area contributed by atoms with Crippen molar-refractivity contribution >= 4 is 33.4 Å². The predicted octanol–water partition coefficient (Wildman–Crippen LogP) is 4.76. The lowest BCUT2D eigenvalue weighted by molar-refractivity contribution is -0.111. The van der Waals surface area contributed by atoms with Crippen LogP contribution in [0.2, 0.25) is 0 Å².